The molecule has 1 aromatic rings. The molecular weight excluding hydrogens is 200 g/mol. The van der Waals surface area contributed by atoms with Crippen LogP contribution in [0.5, 0.6) is 0 Å². The first-order valence-corrected chi connectivity index (χ1v) is 5.93. The Bertz CT molecular complexity index is 364. The van der Waals surface area contributed by atoms with Crippen LogP contribution in [0.2, 0.25) is 0 Å². The van der Waals surface area contributed by atoms with Gasteiger partial charge < -0.3 is 4.90 Å². The molecule has 1 fully saturated rings. The van der Waals surface area contributed by atoms with Crippen LogP contribution >= 0.6 is 0 Å². The second-order valence-electron chi connectivity index (χ2n) is 4.63. The molecule has 2 rings (SSSR count). The average Bonchev–Trinajstić information content (AvgIpc) is 2.81. The van der Waals surface area contributed by atoms with Crippen LogP contribution < -0.4 is 0 Å². The van der Waals surface area contributed by atoms with Crippen molar-refractivity contribution >= 4 is 5.91 Å². The van der Waals surface area contributed by atoms with Crippen molar-refractivity contribution in [2.75, 3.05) is 13.1 Å². The standard InChI is InChI=1S/C13H18N2O/c1-10(2)12-6-5-11(9-14-12)13(16)15-7-3-4-8-15/h5-6,9-10H,3-4,7-8H2,1-2H3. The van der Waals surface area contributed by atoms with Gasteiger partial charge in [-0.3, -0.25) is 9.78 Å². The van der Waals surface area contributed by atoms with Gasteiger partial charge in [-0.05, 0) is 30.9 Å². The van der Waals surface area contributed by atoms with Crippen LogP contribution in [0, 0.1) is 0 Å². The van der Waals surface area contributed by atoms with Gasteiger partial charge in [0.05, 0.1) is 5.56 Å². The Morgan fingerprint density at radius 3 is 2.50 bits per heavy atom. The SMILES string of the molecule is CC(C)c1ccc(C(=O)N2CCCC2)cn1. The lowest BCUT2D eigenvalue weighted by molar-refractivity contribution is 0.0792. The Hall–Kier alpha value is -1.38. The molecule has 3 heteroatoms. The van der Waals surface area contributed by atoms with E-state index in [2.05, 4.69) is 18.8 Å². The summed E-state index contributed by atoms with van der Waals surface area (Å²) in [6.07, 6.45) is 3.96. The molecule has 86 valence electrons. The van der Waals surface area contributed by atoms with Crippen LogP contribution in [0.3, 0.4) is 0 Å². The fraction of sp³-hybridized carbons (Fsp3) is 0.538. The average molecular weight is 218 g/mol. The van der Waals surface area contributed by atoms with Crippen molar-refractivity contribution in [3.05, 3.63) is 29.6 Å². The monoisotopic (exact) mass is 218 g/mol. The lowest BCUT2D eigenvalue weighted by atomic mass is 10.1. The van der Waals surface area contributed by atoms with Gasteiger partial charge in [0, 0.05) is 25.0 Å². The van der Waals surface area contributed by atoms with Crippen molar-refractivity contribution in [1.82, 2.24) is 9.88 Å². The lowest BCUT2D eigenvalue weighted by Crippen LogP contribution is -2.27. The Labute approximate surface area is 96.5 Å². The van der Waals surface area contributed by atoms with E-state index < -0.39 is 0 Å². The summed E-state index contributed by atoms with van der Waals surface area (Å²) in [4.78, 5) is 18.2. The van der Waals surface area contributed by atoms with Gasteiger partial charge in [0.15, 0.2) is 0 Å². The molecule has 1 saturated heterocycles. The molecular formula is C13H18N2O. The Morgan fingerprint density at radius 2 is 2.00 bits per heavy atom. The normalized spacial score (nSPS) is 15.8. The molecule has 0 bridgehead atoms. The molecule has 0 aliphatic carbocycles. The summed E-state index contributed by atoms with van der Waals surface area (Å²) >= 11 is 0. The zero-order valence-electron chi connectivity index (χ0n) is 9.94. The zero-order chi connectivity index (χ0) is 11.5. The maximum absolute atomic E-state index is 12.0. The lowest BCUT2D eigenvalue weighted by Gasteiger charge is -2.15. The Morgan fingerprint density at radius 1 is 1.31 bits per heavy atom. The molecule has 0 spiro atoms. The second kappa shape index (κ2) is 4.64. The third kappa shape index (κ3) is 2.23. The molecule has 3 nitrogen and oxygen atoms in total. The van der Waals surface area contributed by atoms with Crippen molar-refractivity contribution in [1.29, 1.82) is 0 Å². The van der Waals surface area contributed by atoms with Crippen LogP contribution in [0.1, 0.15) is 48.7 Å². The minimum atomic E-state index is 0.125. The third-order valence-corrected chi connectivity index (χ3v) is 3.02. The summed E-state index contributed by atoms with van der Waals surface area (Å²) in [7, 11) is 0. The second-order valence-corrected chi connectivity index (χ2v) is 4.63. The van der Waals surface area contributed by atoms with E-state index in [1.165, 1.54) is 0 Å². The van der Waals surface area contributed by atoms with Gasteiger partial charge >= 0.3 is 0 Å². The quantitative estimate of drug-likeness (QED) is 0.764. The number of hydrogen-bond donors (Lipinski definition) is 0. The maximum atomic E-state index is 12.0. The summed E-state index contributed by atoms with van der Waals surface area (Å²) in [5.74, 6) is 0.538. The Kier molecular flexibility index (Phi) is 3.22. The minimum absolute atomic E-state index is 0.125. The van der Waals surface area contributed by atoms with Crippen LogP contribution in [0.25, 0.3) is 0 Å². The third-order valence-electron chi connectivity index (χ3n) is 3.02. The number of carbonyl (C=O) groups excluding carboxylic acids is 1. The van der Waals surface area contributed by atoms with E-state index >= 15 is 0 Å². The molecule has 0 atom stereocenters. The molecule has 0 unspecified atom stereocenters. The van der Waals surface area contributed by atoms with Crippen molar-refractivity contribution < 1.29 is 4.79 Å². The molecule has 1 aromatic heterocycles. The largest absolute Gasteiger partial charge is 0.339 e. The fourth-order valence-corrected chi connectivity index (χ4v) is 1.98. The van der Waals surface area contributed by atoms with Crippen LogP contribution in [-0.4, -0.2) is 28.9 Å². The van der Waals surface area contributed by atoms with Gasteiger partial charge in [0.25, 0.3) is 5.91 Å². The van der Waals surface area contributed by atoms with Gasteiger partial charge in [0.1, 0.15) is 0 Å². The number of likely N-dealkylation sites (tertiary alicyclic amines) is 1. The molecule has 2 heterocycles. The first kappa shape index (κ1) is 11.1. The van der Waals surface area contributed by atoms with E-state index in [0.29, 0.717) is 11.5 Å². The van der Waals surface area contributed by atoms with E-state index in [4.69, 9.17) is 0 Å². The molecule has 0 radical (unpaired) electrons. The summed E-state index contributed by atoms with van der Waals surface area (Å²) in [6, 6.07) is 3.84. The van der Waals surface area contributed by atoms with E-state index in [1.807, 2.05) is 17.0 Å². The van der Waals surface area contributed by atoms with Gasteiger partial charge in [-0.1, -0.05) is 13.8 Å². The number of amides is 1. The summed E-state index contributed by atoms with van der Waals surface area (Å²) in [5, 5.41) is 0. The summed E-state index contributed by atoms with van der Waals surface area (Å²) < 4.78 is 0. The van der Waals surface area contributed by atoms with Crippen molar-refractivity contribution in [3.63, 3.8) is 0 Å². The molecule has 1 amide bonds. The van der Waals surface area contributed by atoms with E-state index in [-0.39, 0.29) is 5.91 Å². The van der Waals surface area contributed by atoms with Gasteiger partial charge in [0.2, 0.25) is 0 Å². The number of rotatable bonds is 2. The van der Waals surface area contributed by atoms with Crippen molar-refractivity contribution in [2.45, 2.75) is 32.6 Å². The first-order valence-electron chi connectivity index (χ1n) is 5.93. The highest BCUT2D eigenvalue weighted by Gasteiger charge is 2.19. The molecule has 0 aromatic carbocycles. The van der Waals surface area contributed by atoms with Gasteiger partial charge in [-0.25, -0.2) is 0 Å². The van der Waals surface area contributed by atoms with Crippen LogP contribution in [0.15, 0.2) is 18.3 Å². The zero-order valence-corrected chi connectivity index (χ0v) is 9.94. The van der Waals surface area contributed by atoms with Crippen molar-refractivity contribution in [2.24, 2.45) is 0 Å². The first-order chi connectivity index (χ1) is 7.68. The minimum Gasteiger partial charge on any atom is -0.339 e. The molecule has 1 aliphatic heterocycles. The number of nitrogens with zero attached hydrogens (tertiary/aromatic N) is 2. The molecule has 0 N–H and O–H groups in total. The summed E-state index contributed by atoms with van der Waals surface area (Å²) in [5.41, 5.74) is 1.75. The van der Waals surface area contributed by atoms with E-state index in [0.717, 1.165) is 31.6 Å². The number of hydrogen-bond acceptors (Lipinski definition) is 2. The highest BCUT2D eigenvalue weighted by Crippen LogP contribution is 2.15. The molecule has 1 aliphatic rings. The Balaban J connectivity index is 2.11. The van der Waals surface area contributed by atoms with Gasteiger partial charge in [-0.15, -0.1) is 0 Å². The number of pyridine rings is 1. The highest BCUT2D eigenvalue weighted by molar-refractivity contribution is 5.94. The number of carbonyl (C=O) groups is 1. The van der Waals surface area contributed by atoms with Crippen LogP contribution in [-0.2, 0) is 0 Å². The predicted molar refractivity (Wildman–Crippen MR) is 63.5 cm³/mol. The maximum Gasteiger partial charge on any atom is 0.255 e. The molecule has 0 saturated carbocycles. The molecule has 16 heavy (non-hydrogen) atoms. The highest BCUT2D eigenvalue weighted by atomic mass is 16.2. The van der Waals surface area contributed by atoms with Gasteiger partial charge in [-0.2, -0.15) is 0 Å². The van der Waals surface area contributed by atoms with E-state index in [1.54, 1.807) is 6.20 Å². The smallest absolute Gasteiger partial charge is 0.255 e. The number of aromatic nitrogens is 1. The summed E-state index contributed by atoms with van der Waals surface area (Å²) in [6.45, 7) is 5.99. The van der Waals surface area contributed by atoms with E-state index in [9.17, 15) is 4.79 Å². The fourth-order valence-electron chi connectivity index (χ4n) is 1.98. The van der Waals surface area contributed by atoms with Crippen LogP contribution in [0.4, 0.5) is 0 Å². The van der Waals surface area contributed by atoms with Crippen molar-refractivity contribution in [3.8, 4) is 0 Å². The topological polar surface area (TPSA) is 33.2 Å². The predicted octanol–water partition coefficient (Wildman–Crippen LogP) is 2.44.